The first-order valence-electron chi connectivity index (χ1n) is 5.60. The molecule has 0 aliphatic carbocycles. The lowest BCUT2D eigenvalue weighted by Gasteiger charge is -2.11. The van der Waals surface area contributed by atoms with E-state index in [0.717, 1.165) is 10.0 Å². The Bertz CT molecular complexity index is 590. The van der Waals surface area contributed by atoms with E-state index in [4.69, 9.17) is 15.2 Å². The van der Waals surface area contributed by atoms with Crippen molar-refractivity contribution in [2.24, 2.45) is 0 Å². The third-order valence-electron chi connectivity index (χ3n) is 2.57. The van der Waals surface area contributed by atoms with Gasteiger partial charge in [0.15, 0.2) is 11.6 Å². The fourth-order valence-corrected chi connectivity index (χ4v) is 2.07. The molecule has 19 heavy (non-hydrogen) atoms. The number of rotatable bonds is 4. The van der Waals surface area contributed by atoms with Crippen LogP contribution in [0.5, 0.6) is 11.5 Å². The summed E-state index contributed by atoms with van der Waals surface area (Å²) in [7, 11) is 1.47. The molecule has 0 unspecified atom stereocenters. The summed E-state index contributed by atoms with van der Waals surface area (Å²) < 4.78 is 25.1. The van der Waals surface area contributed by atoms with Crippen molar-refractivity contribution < 1.29 is 13.9 Å². The van der Waals surface area contributed by atoms with Crippen LogP contribution in [0.4, 0.5) is 10.1 Å². The van der Waals surface area contributed by atoms with Gasteiger partial charge >= 0.3 is 0 Å². The Kier molecular flexibility index (Phi) is 4.27. The molecule has 0 amide bonds. The van der Waals surface area contributed by atoms with Gasteiger partial charge < -0.3 is 15.2 Å². The van der Waals surface area contributed by atoms with Gasteiger partial charge in [-0.15, -0.1) is 0 Å². The van der Waals surface area contributed by atoms with Gasteiger partial charge in [0, 0.05) is 16.6 Å². The van der Waals surface area contributed by atoms with Gasteiger partial charge in [0.25, 0.3) is 0 Å². The van der Waals surface area contributed by atoms with Crippen LogP contribution in [0.15, 0.2) is 40.9 Å². The van der Waals surface area contributed by atoms with Crippen LogP contribution in [0.25, 0.3) is 0 Å². The van der Waals surface area contributed by atoms with Gasteiger partial charge in [0.2, 0.25) is 0 Å². The molecule has 0 radical (unpaired) electrons. The van der Waals surface area contributed by atoms with E-state index >= 15 is 0 Å². The summed E-state index contributed by atoms with van der Waals surface area (Å²) >= 11 is 3.37. The quantitative estimate of drug-likeness (QED) is 0.870. The van der Waals surface area contributed by atoms with Gasteiger partial charge in [-0.2, -0.15) is 0 Å². The molecule has 5 heteroatoms. The molecule has 2 aromatic rings. The number of hydrogen-bond donors (Lipinski definition) is 1. The Morgan fingerprint density at radius 2 is 2.00 bits per heavy atom. The van der Waals surface area contributed by atoms with Crippen LogP contribution in [-0.2, 0) is 6.61 Å². The summed E-state index contributed by atoms with van der Waals surface area (Å²) in [6.45, 7) is 0.267. The van der Waals surface area contributed by atoms with Gasteiger partial charge in [0.05, 0.1) is 12.8 Å². The van der Waals surface area contributed by atoms with E-state index < -0.39 is 5.82 Å². The predicted octanol–water partition coefficient (Wildman–Crippen LogP) is 3.76. The molecule has 0 aliphatic rings. The molecule has 0 saturated heterocycles. The third kappa shape index (κ3) is 3.38. The van der Waals surface area contributed by atoms with E-state index in [2.05, 4.69) is 15.9 Å². The molecule has 2 aromatic carbocycles. The monoisotopic (exact) mass is 325 g/mol. The lowest BCUT2D eigenvalue weighted by atomic mass is 10.2. The van der Waals surface area contributed by atoms with E-state index in [9.17, 15) is 4.39 Å². The Labute approximate surface area is 119 Å². The average Bonchev–Trinajstić information content (AvgIpc) is 2.38. The van der Waals surface area contributed by atoms with E-state index in [1.807, 2.05) is 24.3 Å². The minimum Gasteiger partial charge on any atom is -0.494 e. The molecule has 0 aliphatic heterocycles. The number of benzene rings is 2. The molecule has 0 saturated carbocycles. The van der Waals surface area contributed by atoms with Crippen LogP contribution in [0.2, 0.25) is 0 Å². The van der Waals surface area contributed by atoms with Crippen LogP contribution in [0.1, 0.15) is 5.56 Å². The zero-order valence-electron chi connectivity index (χ0n) is 10.3. The molecule has 0 bridgehead atoms. The number of nitrogens with two attached hydrogens (primary N) is 1. The fraction of sp³-hybridized carbons (Fsp3) is 0.143. The van der Waals surface area contributed by atoms with Crippen molar-refractivity contribution in [1.29, 1.82) is 0 Å². The Morgan fingerprint density at radius 1 is 1.21 bits per heavy atom. The Balaban J connectivity index is 2.15. The maximum atomic E-state index is 13.7. The molecule has 2 rings (SSSR count). The van der Waals surface area contributed by atoms with Gasteiger partial charge in [-0.1, -0.05) is 28.1 Å². The topological polar surface area (TPSA) is 44.5 Å². The Hall–Kier alpha value is -1.75. The molecule has 0 heterocycles. The minimum atomic E-state index is -0.506. The normalized spacial score (nSPS) is 10.3. The van der Waals surface area contributed by atoms with E-state index in [0.29, 0.717) is 5.75 Å². The number of halogens is 2. The van der Waals surface area contributed by atoms with Crippen LogP contribution in [0, 0.1) is 5.82 Å². The minimum absolute atomic E-state index is 0.117. The lowest BCUT2D eigenvalue weighted by molar-refractivity contribution is 0.288. The van der Waals surface area contributed by atoms with Crippen molar-refractivity contribution >= 4 is 21.6 Å². The van der Waals surface area contributed by atoms with E-state index in [1.165, 1.54) is 19.2 Å². The van der Waals surface area contributed by atoms with Gasteiger partial charge in [-0.25, -0.2) is 4.39 Å². The molecule has 2 N–H and O–H groups in total. The lowest BCUT2D eigenvalue weighted by Crippen LogP contribution is -2.00. The summed E-state index contributed by atoms with van der Waals surface area (Å²) in [6, 6.07) is 10.3. The molecule has 0 fully saturated rings. The molecule has 0 aromatic heterocycles. The first-order chi connectivity index (χ1) is 9.10. The van der Waals surface area contributed by atoms with Crippen LogP contribution in [0.3, 0.4) is 0 Å². The number of methoxy groups -OCH3 is 1. The molecular formula is C14H13BrFNO2. The molecule has 3 nitrogen and oxygen atoms in total. The average molecular weight is 326 g/mol. The summed E-state index contributed by atoms with van der Waals surface area (Å²) in [5.74, 6) is 0.00460. The van der Waals surface area contributed by atoms with Crippen molar-refractivity contribution in [3.63, 3.8) is 0 Å². The van der Waals surface area contributed by atoms with Gasteiger partial charge in [0.1, 0.15) is 12.4 Å². The van der Waals surface area contributed by atoms with Crippen LogP contribution < -0.4 is 15.2 Å². The first kappa shape index (κ1) is 13.7. The largest absolute Gasteiger partial charge is 0.494 e. The maximum absolute atomic E-state index is 13.7. The van der Waals surface area contributed by atoms with Crippen LogP contribution >= 0.6 is 15.9 Å². The smallest absolute Gasteiger partial charge is 0.167 e. The highest BCUT2D eigenvalue weighted by Gasteiger charge is 2.09. The van der Waals surface area contributed by atoms with Crippen LogP contribution in [-0.4, -0.2) is 7.11 Å². The van der Waals surface area contributed by atoms with Crippen molar-refractivity contribution in [3.05, 3.63) is 52.3 Å². The summed E-state index contributed by atoms with van der Waals surface area (Å²) in [5.41, 5.74) is 6.78. The fourth-order valence-electron chi connectivity index (χ4n) is 1.63. The Morgan fingerprint density at radius 3 is 2.68 bits per heavy atom. The summed E-state index contributed by atoms with van der Waals surface area (Å²) in [5, 5.41) is 0. The highest BCUT2D eigenvalue weighted by Crippen LogP contribution is 2.30. The third-order valence-corrected chi connectivity index (χ3v) is 3.06. The number of nitrogen functional groups attached to an aromatic ring is 1. The summed E-state index contributed by atoms with van der Waals surface area (Å²) in [6.07, 6.45) is 0. The molecule has 100 valence electrons. The van der Waals surface area contributed by atoms with Crippen molar-refractivity contribution in [2.75, 3.05) is 12.8 Å². The van der Waals surface area contributed by atoms with E-state index in [1.54, 1.807) is 0 Å². The zero-order chi connectivity index (χ0) is 13.8. The SMILES string of the molecule is COc1cc(OCc2cccc(Br)c2)c(F)cc1N. The summed E-state index contributed by atoms with van der Waals surface area (Å²) in [4.78, 5) is 0. The molecular weight excluding hydrogens is 313 g/mol. The number of ether oxygens (including phenoxy) is 2. The number of hydrogen-bond acceptors (Lipinski definition) is 3. The highest BCUT2D eigenvalue weighted by molar-refractivity contribution is 9.10. The number of anilines is 1. The van der Waals surface area contributed by atoms with Gasteiger partial charge in [-0.3, -0.25) is 0 Å². The highest BCUT2D eigenvalue weighted by atomic mass is 79.9. The maximum Gasteiger partial charge on any atom is 0.167 e. The second kappa shape index (κ2) is 5.93. The van der Waals surface area contributed by atoms with Gasteiger partial charge in [-0.05, 0) is 17.7 Å². The standard InChI is InChI=1S/C14H13BrFNO2/c1-18-14-7-13(11(16)6-12(14)17)19-8-9-3-2-4-10(15)5-9/h2-7H,8,17H2,1H3. The van der Waals surface area contributed by atoms with Crippen molar-refractivity contribution in [1.82, 2.24) is 0 Å². The molecule has 0 atom stereocenters. The second-order valence-electron chi connectivity index (χ2n) is 3.94. The van der Waals surface area contributed by atoms with E-state index in [-0.39, 0.29) is 18.0 Å². The van der Waals surface area contributed by atoms with Crippen molar-refractivity contribution in [2.45, 2.75) is 6.61 Å². The zero-order valence-corrected chi connectivity index (χ0v) is 11.9. The first-order valence-corrected chi connectivity index (χ1v) is 6.39. The predicted molar refractivity (Wildman–Crippen MR) is 75.8 cm³/mol. The second-order valence-corrected chi connectivity index (χ2v) is 4.86. The van der Waals surface area contributed by atoms with Crippen molar-refractivity contribution in [3.8, 4) is 11.5 Å². The molecule has 0 spiro atoms.